The minimum absolute atomic E-state index is 0.0352. The van der Waals surface area contributed by atoms with Crippen LogP contribution in [-0.4, -0.2) is 32.1 Å². The summed E-state index contributed by atoms with van der Waals surface area (Å²) in [6.07, 6.45) is 1.56. The zero-order valence-corrected chi connectivity index (χ0v) is 17.1. The average molecular weight is 404 g/mol. The van der Waals surface area contributed by atoms with E-state index >= 15 is 0 Å². The first kappa shape index (κ1) is 21.3. The molecular formula is C25H24O5. The van der Waals surface area contributed by atoms with Crippen LogP contribution in [0, 0.1) is 0 Å². The third-order valence-electron chi connectivity index (χ3n) is 4.58. The summed E-state index contributed by atoms with van der Waals surface area (Å²) in [5.74, 6) is -0.471. The van der Waals surface area contributed by atoms with Crippen molar-refractivity contribution < 1.29 is 23.8 Å². The standard InChI is InChI=1S/C25H24O5/c1-18(26)22(25(27)29-15-14-28-2)16-23-21-11-7-6-10-20(21)12-13-24(23)30-17-19-8-4-3-5-9-19/h3-13,16H,14-15,17H2,1-2H3. The van der Waals surface area contributed by atoms with Crippen molar-refractivity contribution in [2.24, 2.45) is 0 Å². The number of hydrogen-bond acceptors (Lipinski definition) is 5. The Hall–Kier alpha value is -3.44. The number of ketones is 1. The molecule has 0 saturated heterocycles. The van der Waals surface area contributed by atoms with E-state index in [4.69, 9.17) is 14.2 Å². The maximum absolute atomic E-state index is 12.5. The van der Waals surface area contributed by atoms with Gasteiger partial charge in [0, 0.05) is 12.7 Å². The number of carbonyl (C=O) groups is 2. The lowest BCUT2D eigenvalue weighted by Gasteiger charge is -2.13. The molecule has 0 unspecified atom stereocenters. The Bertz CT molecular complexity index is 1050. The highest BCUT2D eigenvalue weighted by molar-refractivity contribution is 6.20. The molecule has 30 heavy (non-hydrogen) atoms. The zero-order valence-electron chi connectivity index (χ0n) is 17.1. The van der Waals surface area contributed by atoms with Crippen molar-refractivity contribution in [3.05, 3.63) is 83.4 Å². The monoisotopic (exact) mass is 404 g/mol. The van der Waals surface area contributed by atoms with Gasteiger partial charge in [0.15, 0.2) is 5.78 Å². The van der Waals surface area contributed by atoms with Crippen LogP contribution in [-0.2, 0) is 25.7 Å². The summed E-state index contributed by atoms with van der Waals surface area (Å²) in [5, 5.41) is 1.86. The van der Waals surface area contributed by atoms with Gasteiger partial charge >= 0.3 is 5.97 Å². The van der Waals surface area contributed by atoms with E-state index in [1.807, 2.05) is 66.7 Å². The lowest BCUT2D eigenvalue weighted by Crippen LogP contribution is -2.16. The summed E-state index contributed by atoms with van der Waals surface area (Å²) < 4.78 is 16.1. The summed E-state index contributed by atoms with van der Waals surface area (Å²) in [6.45, 7) is 2.05. The lowest BCUT2D eigenvalue weighted by molar-refractivity contribution is -0.141. The molecule has 3 aromatic carbocycles. The molecule has 0 atom stereocenters. The molecular weight excluding hydrogens is 380 g/mol. The van der Waals surface area contributed by atoms with Crippen molar-refractivity contribution in [2.75, 3.05) is 20.3 Å². The Kier molecular flexibility index (Phi) is 7.35. The number of ether oxygens (including phenoxy) is 3. The molecule has 3 aromatic rings. The molecule has 0 aliphatic rings. The molecule has 0 aliphatic heterocycles. The zero-order chi connectivity index (χ0) is 21.3. The summed E-state index contributed by atoms with van der Waals surface area (Å²) in [4.78, 5) is 24.7. The Labute approximate surface area is 175 Å². The van der Waals surface area contributed by atoms with Crippen LogP contribution >= 0.6 is 0 Å². The summed E-state index contributed by atoms with van der Waals surface area (Å²) in [6, 6.07) is 21.4. The summed E-state index contributed by atoms with van der Waals surface area (Å²) >= 11 is 0. The minimum Gasteiger partial charge on any atom is -0.488 e. The lowest BCUT2D eigenvalue weighted by atomic mass is 10.00. The van der Waals surface area contributed by atoms with E-state index in [-0.39, 0.29) is 24.6 Å². The summed E-state index contributed by atoms with van der Waals surface area (Å²) in [7, 11) is 1.52. The fourth-order valence-electron chi connectivity index (χ4n) is 3.03. The second-order valence-corrected chi connectivity index (χ2v) is 6.72. The largest absolute Gasteiger partial charge is 0.488 e. The van der Waals surface area contributed by atoms with E-state index in [9.17, 15) is 9.59 Å². The van der Waals surface area contributed by atoms with Gasteiger partial charge in [0.25, 0.3) is 0 Å². The molecule has 154 valence electrons. The number of methoxy groups -OCH3 is 1. The van der Waals surface area contributed by atoms with Gasteiger partial charge in [0.2, 0.25) is 0 Å². The number of esters is 1. The molecule has 0 radical (unpaired) electrons. The number of Topliss-reactive ketones (excluding diaryl/α,β-unsaturated/α-hetero) is 1. The summed E-state index contributed by atoms with van der Waals surface area (Å²) in [5.41, 5.74) is 1.65. The van der Waals surface area contributed by atoms with Gasteiger partial charge in [-0.15, -0.1) is 0 Å². The Morgan fingerprint density at radius 2 is 1.63 bits per heavy atom. The van der Waals surface area contributed by atoms with Crippen molar-refractivity contribution >= 4 is 28.6 Å². The Morgan fingerprint density at radius 1 is 0.900 bits per heavy atom. The molecule has 0 spiro atoms. The maximum atomic E-state index is 12.5. The topological polar surface area (TPSA) is 61.8 Å². The van der Waals surface area contributed by atoms with Gasteiger partial charge in [-0.05, 0) is 35.4 Å². The van der Waals surface area contributed by atoms with E-state index in [1.165, 1.54) is 14.0 Å². The van der Waals surface area contributed by atoms with Crippen LogP contribution in [0.3, 0.4) is 0 Å². The first-order valence-corrected chi connectivity index (χ1v) is 9.67. The minimum atomic E-state index is -0.679. The van der Waals surface area contributed by atoms with Gasteiger partial charge in [0.05, 0.1) is 6.61 Å². The number of fused-ring (bicyclic) bond motifs is 1. The fraction of sp³-hybridized carbons (Fsp3) is 0.200. The highest BCUT2D eigenvalue weighted by atomic mass is 16.6. The third-order valence-corrected chi connectivity index (χ3v) is 4.58. The van der Waals surface area contributed by atoms with Crippen LogP contribution in [0.4, 0.5) is 0 Å². The van der Waals surface area contributed by atoms with E-state index < -0.39 is 5.97 Å². The van der Waals surface area contributed by atoms with E-state index in [2.05, 4.69) is 0 Å². The number of hydrogen-bond donors (Lipinski definition) is 0. The predicted molar refractivity (Wildman–Crippen MR) is 116 cm³/mol. The van der Waals surface area contributed by atoms with Gasteiger partial charge in [-0.3, -0.25) is 4.79 Å². The van der Waals surface area contributed by atoms with E-state index in [0.717, 1.165) is 16.3 Å². The predicted octanol–water partition coefficient (Wildman–Crippen LogP) is 4.58. The second-order valence-electron chi connectivity index (χ2n) is 6.72. The molecule has 0 amide bonds. The van der Waals surface area contributed by atoms with Crippen molar-refractivity contribution in [3.63, 3.8) is 0 Å². The Morgan fingerprint density at radius 3 is 2.37 bits per heavy atom. The molecule has 0 fully saturated rings. The molecule has 3 rings (SSSR count). The SMILES string of the molecule is COCCOC(=O)C(=Cc1c(OCc2ccccc2)ccc2ccccc12)C(C)=O. The highest BCUT2D eigenvalue weighted by Crippen LogP contribution is 2.31. The normalized spacial score (nSPS) is 11.3. The molecule has 0 saturated carbocycles. The van der Waals surface area contributed by atoms with Crippen LogP contribution in [0.5, 0.6) is 5.75 Å². The van der Waals surface area contributed by atoms with Crippen molar-refractivity contribution in [2.45, 2.75) is 13.5 Å². The van der Waals surface area contributed by atoms with Gasteiger partial charge in [-0.25, -0.2) is 4.79 Å². The van der Waals surface area contributed by atoms with E-state index in [0.29, 0.717) is 17.9 Å². The molecule has 0 N–H and O–H groups in total. The first-order valence-electron chi connectivity index (χ1n) is 9.67. The highest BCUT2D eigenvalue weighted by Gasteiger charge is 2.18. The van der Waals surface area contributed by atoms with Crippen molar-refractivity contribution in [1.82, 2.24) is 0 Å². The van der Waals surface area contributed by atoms with E-state index in [1.54, 1.807) is 6.08 Å². The average Bonchev–Trinajstić information content (AvgIpc) is 2.76. The molecule has 0 heterocycles. The van der Waals surface area contributed by atoms with Crippen LogP contribution in [0.15, 0.2) is 72.3 Å². The first-order chi connectivity index (χ1) is 14.6. The number of carbonyl (C=O) groups excluding carboxylic acids is 2. The van der Waals surface area contributed by atoms with Crippen LogP contribution in [0.1, 0.15) is 18.1 Å². The molecule has 0 aliphatic carbocycles. The molecule has 5 heteroatoms. The van der Waals surface area contributed by atoms with Crippen molar-refractivity contribution in [3.8, 4) is 5.75 Å². The van der Waals surface area contributed by atoms with Gasteiger partial charge in [-0.2, -0.15) is 0 Å². The maximum Gasteiger partial charge on any atom is 0.341 e. The van der Waals surface area contributed by atoms with Crippen LogP contribution in [0.2, 0.25) is 0 Å². The molecule has 0 aromatic heterocycles. The van der Waals surface area contributed by atoms with Gasteiger partial charge < -0.3 is 14.2 Å². The van der Waals surface area contributed by atoms with Crippen LogP contribution in [0.25, 0.3) is 16.8 Å². The molecule has 0 bridgehead atoms. The fourth-order valence-corrected chi connectivity index (χ4v) is 3.03. The second kappa shape index (κ2) is 10.4. The smallest absolute Gasteiger partial charge is 0.341 e. The number of benzene rings is 3. The third kappa shape index (κ3) is 5.33. The quantitative estimate of drug-likeness (QED) is 0.172. The van der Waals surface area contributed by atoms with Crippen LogP contribution < -0.4 is 4.74 Å². The van der Waals surface area contributed by atoms with Gasteiger partial charge in [-0.1, -0.05) is 60.7 Å². The molecule has 5 nitrogen and oxygen atoms in total. The Balaban J connectivity index is 2.00. The number of rotatable bonds is 9. The van der Waals surface area contributed by atoms with Crippen molar-refractivity contribution in [1.29, 1.82) is 0 Å². The van der Waals surface area contributed by atoms with Gasteiger partial charge in [0.1, 0.15) is 24.5 Å².